The summed E-state index contributed by atoms with van der Waals surface area (Å²) in [6.45, 7) is 21.3. The van der Waals surface area contributed by atoms with Crippen LogP contribution in [-0.4, -0.2) is 59.6 Å². The van der Waals surface area contributed by atoms with Crippen LogP contribution in [-0.2, 0) is 23.9 Å². The van der Waals surface area contributed by atoms with Crippen LogP contribution in [0.25, 0.3) is 0 Å². The minimum atomic E-state index is -0.979. The molecule has 0 aromatic heterocycles. The maximum atomic E-state index is 14.6. The zero-order valence-corrected chi connectivity index (χ0v) is 27.8. The maximum absolute atomic E-state index is 14.6. The molecule has 2 N–H and O–H groups in total. The Balaban J connectivity index is 3.67. The fraction of sp³-hybridized carbons (Fsp3) is 0.697. The third kappa shape index (κ3) is 12.4. The first kappa shape index (κ1) is 36.9. The highest BCUT2D eigenvalue weighted by Crippen LogP contribution is 2.30. The van der Waals surface area contributed by atoms with E-state index in [2.05, 4.69) is 24.5 Å². The second-order valence-electron chi connectivity index (χ2n) is 12.7. The number of hydrogen-bond acceptors (Lipinski definition) is 6. The van der Waals surface area contributed by atoms with Crippen LogP contribution < -0.4 is 10.6 Å². The second kappa shape index (κ2) is 17.1. The van der Waals surface area contributed by atoms with E-state index in [4.69, 9.17) is 9.47 Å². The van der Waals surface area contributed by atoms with E-state index in [1.54, 1.807) is 32.6 Å². The number of nitrogens with zero attached hydrogens (tertiary/aromatic N) is 1. The zero-order valence-electron chi connectivity index (χ0n) is 27.8. The van der Waals surface area contributed by atoms with Crippen molar-refractivity contribution in [1.29, 1.82) is 0 Å². The number of benzene rings is 1. The van der Waals surface area contributed by atoms with Gasteiger partial charge in [-0.2, -0.15) is 0 Å². The Hall–Kier alpha value is -3.10. The van der Waals surface area contributed by atoms with Gasteiger partial charge in [0, 0.05) is 12.6 Å². The molecule has 1 aromatic rings. The van der Waals surface area contributed by atoms with Gasteiger partial charge in [-0.1, -0.05) is 63.4 Å². The number of esters is 1. The van der Waals surface area contributed by atoms with Gasteiger partial charge >= 0.3 is 12.1 Å². The standard InChI is InChI=1S/C33H55N3O6/c1-12-24(7)28(35-32(40)42-33(9,10)11)31(39)36(25(8)15-14-21(3)4)29(26-19-22(5)18-23(6)20-26)30(38)34-17-16-27(37)41-13-2/h18-21,24-25,28-29H,12-17H2,1-11H3,(H,34,38)(H,35,40). The summed E-state index contributed by atoms with van der Waals surface area (Å²) < 4.78 is 10.5. The lowest BCUT2D eigenvalue weighted by Crippen LogP contribution is -2.57. The van der Waals surface area contributed by atoms with Gasteiger partial charge in [0.2, 0.25) is 11.8 Å². The maximum Gasteiger partial charge on any atom is 0.408 e. The second-order valence-corrected chi connectivity index (χ2v) is 12.7. The van der Waals surface area contributed by atoms with Crippen LogP contribution in [0.1, 0.15) is 111 Å². The van der Waals surface area contributed by atoms with E-state index in [1.807, 2.05) is 52.8 Å². The van der Waals surface area contributed by atoms with Gasteiger partial charge < -0.3 is 25.0 Å². The molecule has 4 atom stereocenters. The van der Waals surface area contributed by atoms with Crippen molar-refractivity contribution in [3.63, 3.8) is 0 Å². The van der Waals surface area contributed by atoms with E-state index in [-0.39, 0.29) is 37.4 Å². The molecular weight excluding hydrogens is 534 g/mol. The molecule has 9 nitrogen and oxygen atoms in total. The van der Waals surface area contributed by atoms with Gasteiger partial charge in [-0.25, -0.2) is 4.79 Å². The first-order valence-electron chi connectivity index (χ1n) is 15.3. The Morgan fingerprint density at radius 2 is 1.52 bits per heavy atom. The summed E-state index contributed by atoms with van der Waals surface area (Å²) in [5.41, 5.74) is 1.85. The number of hydrogen-bond donors (Lipinski definition) is 2. The van der Waals surface area contributed by atoms with Crippen molar-refractivity contribution >= 4 is 23.9 Å². The van der Waals surface area contributed by atoms with Crippen molar-refractivity contribution < 1.29 is 28.7 Å². The topological polar surface area (TPSA) is 114 Å². The van der Waals surface area contributed by atoms with Gasteiger partial charge in [0.05, 0.1) is 13.0 Å². The predicted molar refractivity (Wildman–Crippen MR) is 166 cm³/mol. The molecule has 0 fully saturated rings. The molecule has 0 aliphatic heterocycles. The van der Waals surface area contributed by atoms with Crippen molar-refractivity contribution in [2.24, 2.45) is 11.8 Å². The lowest BCUT2D eigenvalue weighted by molar-refractivity contribution is -0.147. The minimum absolute atomic E-state index is 0.0195. The first-order valence-corrected chi connectivity index (χ1v) is 15.3. The van der Waals surface area contributed by atoms with Crippen LogP contribution in [0.5, 0.6) is 0 Å². The molecular formula is C33H55N3O6. The van der Waals surface area contributed by atoms with E-state index >= 15 is 0 Å². The number of nitrogens with one attached hydrogen (secondary N) is 2. The Morgan fingerprint density at radius 1 is 0.929 bits per heavy atom. The fourth-order valence-electron chi connectivity index (χ4n) is 4.81. The van der Waals surface area contributed by atoms with Crippen molar-refractivity contribution in [2.75, 3.05) is 13.2 Å². The average Bonchev–Trinajstić information content (AvgIpc) is 2.86. The summed E-state index contributed by atoms with van der Waals surface area (Å²) in [5, 5.41) is 5.69. The largest absolute Gasteiger partial charge is 0.466 e. The normalized spacial score (nSPS) is 14.4. The molecule has 42 heavy (non-hydrogen) atoms. The molecule has 0 spiro atoms. The summed E-state index contributed by atoms with van der Waals surface area (Å²) >= 11 is 0. The van der Waals surface area contributed by atoms with Crippen molar-refractivity contribution in [1.82, 2.24) is 15.5 Å². The molecule has 0 heterocycles. The highest BCUT2D eigenvalue weighted by Gasteiger charge is 2.40. The van der Waals surface area contributed by atoms with Crippen molar-refractivity contribution in [3.05, 3.63) is 34.9 Å². The molecule has 4 unspecified atom stereocenters. The molecule has 0 radical (unpaired) electrons. The van der Waals surface area contributed by atoms with Crippen LogP contribution in [0.4, 0.5) is 4.79 Å². The van der Waals surface area contributed by atoms with Gasteiger partial charge in [0.1, 0.15) is 17.7 Å². The molecule has 0 aliphatic rings. The predicted octanol–water partition coefficient (Wildman–Crippen LogP) is 6.01. The molecule has 1 rings (SSSR count). The number of ether oxygens (including phenoxy) is 2. The first-order chi connectivity index (χ1) is 19.5. The van der Waals surface area contributed by atoms with E-state index in [9.17, 15) is 19.2 Å². The van der Waals surface area contributed by atoms with E-state index in [0.717, 1.165) is 17.5 Å². The molecule has 0 saturated heterocycles. The molecule has 0 bridgehead atoms. The molecule has 9 heteroatoms. The minimum Gasteiger partial charge on any atom is -0.466 e. The van der Waals surface area contributed by atoms with Gasteiger partial charge in [0.15, 0.2) is 0 Å². The number of alkyl carbamates (subject to hydrolysis) is 1. The molecule has 3 amide bonds. The third-order valence-corrected chi connectivity index (χ3v) is 7.06. The molecule has 0 saturated carbocycles. The number of amides is 3. The Kier molecular flexibility index (Phi) is 15.1. The van der Waals surface area contributed by atoms with Gasteiger partial charge in [-0.3, -0.25) is 14.4 Å². The zero-order chi connectivity index (χ0) is 32.2. The summed E-state index contributed by atoms with van der Waals surface area (Å²) in [6, 6.07) is 3.63. The SMILES string of the molecule is CCOC(=O)CCNC(=O)C(c1cc(C)cc(C)c1)N(C(=O)C(NC(=O)OC(C)(C)C)C(C)CC)C(C)CCC(C)C. The van der Waals surface area contributed by atoms with E-state index in [1.165, 1.54) is 0 Å². The lowest BCUT2D eigenvalue weighted by Gasteiger charge is -2.40. The van der Waals surface area contributed by atoms with Crippen molar-refractivity contribution in [2.45, 2.75) is 126 Å². The van der Waals surface area contributed by atoms with Gasteiger partial charge in [0.25, 0.3) is 0 Å². The summed E-state index contributed by atoms with van der Waals surface area (Å²) in [5.74, 6) is -0.980. The number of carbonyl (C=O) groups excluding carboxylic acids is 4. The highest BCUT2D eigenvalue weighted by atomic mass is 16.6. The van der Waals surface area contributed by atoms with Gasteiger partial charge in [-0.15, -0.1) is 0 Å². The Morgan fingerprint density at radius 3 is 2.02 bits per heavy atom. The number of rotatable bonds is 15. The summed E-state index contributed by atoms with van der Waals surface area (Å²) in [7, 11) is 0. The smallest absolute Gasteiger partial charge is 0.408 e. The van der Waals surface area contributed by atoms with Gasteiger partial charge in [-0.05, 0) is 78.7 Å². The average molecular weight is 590 g/mol. The fourth-order valence-corrected chi connectivity index (χ4v) is 4.81. The van der Waals surface area contributed by atoms with Crippen LogP contribution in [0.15, 0.2) is 18.2 Å². The Labute approximate surface area is 253 Å². The number of aryl methyl sites for hydroxylation is 2. The lowest BCUT2D eigenvalue weighted by atomic mass is 9.92. The highest BCUT2D eigenvalue weighted by molar-refractivity contribution is 5.92. The van der Waals surface area contributed by atoms with Crippen LogP contribution in [0.3, 0.4) is 0 Å². The van der Waals surface area contributed by atoms with Crippen LogP contribution in [0.2, 0.25) is 0 Å². The molecule has 0 aliphatic carbocycles. The van der Waals surface area contributed by atoms with Crippen LogP contribution >= 0.6 is 0 Å². The summed E-state index contributed by atoms with van der Waals surface area (Å²) in [4.78, 5) is 55.1. The molecule has 1 aromatic carbocycles. The van der Waals surface area contributed by atoms with E-state index < -0.39 is 35.7 Å². The quantitative estimate of drug-likeness (QED) is 0.242. The third-order valence-electron chi connectivity index (χ3n) is 7.06. The monoisotopic (exact) mass is 589 g/mol. The number of carbonyl (C=O) groups is 4. The Bertz CT molecular complexity index is 1030. The molecule has 238 valence electrons. The van der Waals surface area contributed by atoms with E-state index in [0.29, 0.717) is 24.3 Å². The van der Waals surface area contributed by atoms with Crippen LogP contribution in [0, 0.1) is 25.7 Å². The summed E-state index contributed by atoms with van der Waals surface area (Å²) in [6.07, 6.45) is 1.48. The van der Waals surface area contributed by atoms with Crippen molar-refractivity contribution in [3.8, 4) is 0 Å².